The van der Waals surface area contributed by atoms with Crippen LogP contribution in [0.1, 0.15) is 34.3 Å². The Morgan fingerprint density at radius 2 is 1.78 bits per heavy atom. The topological polar surface area (TPSA) is 101 Å². The Bertz CT molecular complexity index is 1630. The van der Waals surface area contributed by atoms with Crippen molar-refractivity contribution in [1.29, 1.82) is 0 Å². The lowest BCUT2D eigenvalue weighted by Crippen LogP contribution is -2.29. The van der Waals surface area contributed by atoms with Crippen molar-refractivity contribution in [2.75, 3.05) is 11.9 Å². The molecule has 36 heavy (non-hydrogen) atoms. The second-order valence-electron chi connectivity index (χ2n) is 8.91. The summed E-state index contributed by atoms with van der Waals surface area (Å²) < 4.78 is 28.2. The summed E-state index contributed by atoms with van der Waals surface area (Å²) in [6, 6.07) is 21.6. The molecular formula is C28H26N4O3S. The van der Waals surface area contributed by atoms with E-state index in [-0.39, 0.29) is 10.8 Å². The van der Waals surface area contributed by atoms with Crippen LogP contribution in [0.15, 0.2) is 82.7 Å². The summed E-state index contributed by atoms with van der Waals surface area (Å²) in [5.41, 5.74) is 5.43. The molecule has 0 fully saturated rings. The molecule has 1 aliphatic rings. The van der Waals surface area contributed by atoms with Gasteiger partial charge in [0.25, 0.3) is 15.9 Å². The van der Waals surface area contributed by atoms with Crippen molar-refractivity contribution in [3.63, 3.8) is 0 Å². The second kappa shape index (κ2) is 9.54. The lowest BCUT2D eigenvalue weighted by Gasteiger charge is -2.13. The molecule has 0 aliphatic carbocycles. The number of amides is 1. The minimum atomic E-state index is -3.79. The number of benzene rings is 3. The van der Waals surface area contributed by atoms with Gasteiger partial charge < -0.3 is 5.32 Å². The molecule has 1 aromatic heterocycles. The molecule has 0 bridgehead atoms. The van der Waals surface area contributed by atoms with Crippen molar-refractivity contribution < 1.29 is 13.2 Å². The number of aryl methyl sites for hydroxylation is 2. The van der Waals surface area contributed by atoms with Crippen LogP contribution in [0.4, 0.5) is 5.69 Å². The summed E-state index contributed by atoms with van der Waals surface area (Å²) in [6.07, 6.45) is 1.44. The fourth-order valence-corrected chi connectivity index (χ4v) is 5.51. The van der Waals surface area contributed by atoms with E-state index in [1.165, 1.54) is 12.1 Å². The predicted molar refractivity (Wildman–Crippen MR) is 143 cm³/mol. The average molecular weight is 499 g/mol. The first kappa shape index (κ1) is 23.7. The van der Waals surface area contributed by atoms with Crippen LogP contribution in [0.5, 0.6) is 0 Å². The maximum atomic E-state index is 13.5. The Morgan fingerprint density at radius 1 is 0.944 bits per heavy atom. The molecule has 0 spiro atoms. The molecular weight excluding hydrogens is 472 g/mol. The lowest BCUT2D eigenvalue weighted by atomic mass is 9.99. The number of nitrogens with zero attached hydrogens (tertiary/aromatic N) is 2. The third-order valence-electron chi connectivity index (χ3n) is 6.15. The molecule has 0 atom stereocenters. The zero-order valence-corrected chi connectivity index (χ0v) is 20.9. The highest BCUT2D eigenvalue weighted by atomic mass is 32.2. The van der Waals surface area contributed by atoms with Gasteiger partial charge in [0.2, 0.25) is 0 Å². The van der Waals surface area contributed by atoms with Crippen molar-refractivity contribution in [3.05, 3.63) is 89.5 Å². The van der Waals surface area contributed by atoms with Crippen LogP contribution >= 0.6 is 0 Å². The summed E-state index contributed by atoms with van der Waals surface area (Å²) in [4.78, 5) is 22.5. The number of carbonyl (C=O) groups excluding carboxylic acids is 1. The van der Waals surface area contributed by atoms with Gasteiger partial charge in [-0.2, -0.15) is 0 Å². The molecule has 2 heterocycles. The average Bonchev–Trinajstić information content (AvgIpc) is 3.36. The summed E-state index contributed by atoms with van der Waals surface area (Å²) in [5, 5.41) is 3.59. The van der Waals surface area contributed by atoms with E-state index in [9.17, 15) is 13.2 Å². The minimum Gasteiger partial charge on any atom is -0.322 e. The normalized spacial score (nSPS) is 13.4. The summed E-state index contributed by atoms with van der Waals surface area (Å²) in [7, 11) is -3.79. The molecule has 0 saturated carbocycles. The largest absolute Gasteiger partial charge is 0.322 e. The summed E-state index contributed by atoms with van der Waals surface area (Å²) in [6.45, 7) is 4.68. The first-order valence-electron chi connectivity index (χ1n) is 11.8. The molecule has 3 aromatic carbocycles. The van der Waals surface area contributed by atoms with Gasteiger partial charge in [-0.1, -0.05) is 48.0 Å². The smallest absolute Gasteiger partial charge is 0.262 e. The van der Waals surface area contributed by atoms with Gasteiger partial charge in [-0.05, 0) is 56.2 Å². The molecule has 0 radical (unpaired) electrons. The Labute approximate surface area is 210 Å². The first-order chi connectivity index (χ1) is 17.3. The highest BCUT2D eigenvalue weighted by Gasteiger charge is 2.20. The number of sulfonamides is 1. The molecule has 0 unspecified atom stereocenters. The van der Waals surface area contributed by atoms with Gasteiger partial charge in [-0.3, -0.25) is 14.5 Å². The van der Waals surface area contributed by atoms with E-state index in [1.807, 2.05) is 50.2 Å². The molecule has 4 aromatic rings. The van der Waals surface area contributed by atoms with Gasteiger partial charge >= 0.3 is 0 Å². The number of carbonyl (C=O) groups is 1. The molecule has 8 heteroatoms. The van der Waals surface area contributed by atoms with Gasteiger partial charge in [-0.15, -0.1) is 0 Å². The second-order valence-corrected chi connectivity index (χ2v) is 10.6. The fraction of sp³-hybridized carbons (Fsp3) is 0.179. The SMILES string of the molecule is Cc1ccc(-c2cc(C(=O)Nc3cccc(S(=O)(=O)NC4=NCCC4)c3)c3ccccc3n2)c(C)c1. The molecule has 5 rings (SSSR count). The zero-order valence-electron chi connectivity index (χ0n) is 20.1. The van der Waals surface area contributed by atoms with E-state index in [0.29, 0.717) is 46.6 Å². The number of hydrogen-bond donors (Lipinski definition) is 2. The van der Waals surface area contributed by atoms with Crippen LogP contribution in [0, 0.1) is 13.8 Å². The van der Waals surface area contributed by atoms with Crippen LogP contribution < -0.4 is 10.0 Å². The number of amidine groups is 1. The van der Waals surface area contributed by atoms with Crippen molar-refractivity contribution in [2.45, 2.75) is 31.6 Å². The number of fused-ring (bicyclic) bond motifs is 1. The minimum absolute atomic E-state index is 0.0606. The van der Waals surface area contributed by atoms with Crippen LogP contribution in [0.3, 0.4) is 0 Å². The number of anilines is 1. The van der Waals surface area contributed by atoms with Crippen LogP contribution in [0.25, 0.3) is 22.2 Å². The number of nitrogens with one attached hydrogen (secondary N) is 2. The summed E-state index contributed by atoms with van der Waals surface area (Å²) in [5.74, 6) is 0.119. The van der Waals surface area contributed by atoms with E-state index < -0.39 is 10.0 Å². The van der Waals surface area contributed by atoms with E-state index in [2.05, 4.69) is 21.1 Å². The van der Waals surface area contributed by atoms with E-state index in [4.69, 9.17) is 4.98 Å². The van der Waals surface area contributed by atoms with E-state index in [1.54, 1.807) is 18.2 Å². The number of rotatable bonds is 5. The number of aliphatic imine (C=N–C) groups is 1. The number of pyridine rings is 1. The van der Waals surface area contributed by atoms with Crippen LogP contribution in [0.2, 0.25) is 0 Å². The Hall–Kier alpha value is -4.04. The van der Waals surface area contributed by atoms with Crippen LogP contribution in [-0.2, 0) is 10.0 Å². The molecule has 182 valence electrons. The van der Waals surface area contributed by atoms with Crippen LogP contribution in [-0.4, -0.2) is 31.7 Å². The molecule has 7 nitrogen and oxygen atoms in total. The van der Waals surface area contributed by atoms with Gasteiger partial charge in [-0.25, -0.2) is 13.4 Å². The monoisotopic (exact) mass is 498 g/mol. The molecule has 2 N–H and O–H groups in total. The number of para-hydroxylation sites is 1. The van der Waals surface area contributed by atoms with Crippen molar-refractivity contribution in [1.82, 2.24) is 9.71 Å². The number of hydrogen-bond acceptors (Lipinski definition) is 5. The quantitative estimate of drug-likeness (QED) is 0.393. The molecule has 0 saturated heterocycles. The Balaban J connectivity index is 1.49. The third kappa shape index (κ3) is 4.85. The van der Waals surface area contributed by atoms with Crippen molar-refractivity contribution in [2.24, 2.45) is 4.99 Å². The standard InChI is InChI=1S/C28H26N4O3S/c1-18-12-13-22(19(2)15-18)26-17-24(23-9-3-4-10-25(23)31-26)28(33)30-20-7-5-8-21(16-20)36(34,35)32-27-11-6-14-29-27/h3-5,7-10,12-13,15-17H,6,11,14H2,1-2H3,(H,29,32)(H,30,33). The van der Waals surface area contributed by atoms with Gasteiger partial charge in [0, 0.05) is 29.6 Å². The number of aromatic nitrogens is 1. The lowest BCUT2D eigenvalue weighted by molar-refractivity contribution is 0.102. The van der Waals surface area contributed by atoms with Gasteiger partial charge in [0.05, 0.1) is 21.7 Å². The van der Waals surface area contributed by atoms with Gasteiger partial charge in [0.1, 0.15) is 5.84 Å². The summed E-state index contributed by atoms with van der Waals surface area (Å²) >= 11 is 0. The first-order valence-corrected chi connectivity index (χ1v) is 13.2. The third-order valence-corrected chi connectivity index (χ3v) is 7.53. The Morgan fingerprint density at radius 3 is 2.56 bits per heavy atom. The Kier molecular flexibility index (Phi) is 6.28. The molecule has 1 aliphatic heterocycles. The highest BCUT2D eigenvalue weighted by Crippen LogP contribution is 2.28. The fourth-order valence-electron chi connectivity index (χ4n) is 4.38. The zero-order chi connectivity index (χ0) is 25.3. The maximum absolute atomic E-state index is 13.5. The van der Waals surface area contributed by atoms with E-state index >= 15 is 0 Å². The van der Waals surface area contributed by atoms with Gasteiger partial charge in [0.15, 0.2) is 0 Å². The predicted octanol–water partition coefficient (Wildman–Crippen LogP) is 5.24. The van der Waals surface area contributed by atoms with Crippen molar-refractivity contribution >= 4 is 38.4 Å². The maximum Gasteiger partial charge on any atom is 0.262 e. The molecule has 1 amide bonds. The van der Waals surface area contributed by atoms with E-state index in [0.717, 1.165) is 23.1 Å². The van der Waals surface area contributed by atoms with Crippen molar-refractivity contribution in [3.8, 4) is 11.3 Å². The highest BCUT2D eigenvalue weighted by molar-refractivity contribution is 7.90.